The number of likely N-dealkylation sites (N-methyl/N-ethyl adjacent to an activating group) is 1. The zero-order valence-corrected chi connectivity index (χ0v) is 16.2. The van der Waals surface area contributed by atoms with Crippen molar-refractivity contribution < 1.29 is 14.3 Å². The van der Waals surface area contributed by atoms with E-state index in [0.29, 0.717) is 35.9 Å². The van der Waals surface area contributed by atoms with E-state index in [1.807, 2.05) is 44.0 Å². The lowest BCUT2D eigenvalue weighted by molar-refractivity contribution is -0.120. The first-order valence-electron chi connectivity index (χ1n) is 8.80. The van der Waals surface area contributed by atoms with Gasteiger partial charge in [0.05, 0.1) is 31.0 Å². The molecule has 0 bridgehead atoms. The van der Waals surface area contributed by atoms with Crippen LogP contribution in [0.25, 0.3) is 0 Å². The van der Waals surface area contributed by atoms with Gasteiger partial charge in [-0.2, -0.15) is 5.26 Å². The molecule has 1 atom stereocenters. The molecule has 0 aromatic heterocycles. The minimum absolute atomic E-state index is 0.168. The molecule has 0 radical (unpaired) electrons. The summed E-state index contributed by atoms with van der Waals surface area (Å²) >= 11 is 0. The largest absolute Gasteiger partial charge is 0.493 e. The zero-order valence-electron chi connectivity index (χ0n) is 16.2. The molecular weight excluding hydrogens is 342 g/mol. The lowest BCUT2D eigenvalue weighted by Crippen LogP contribution is -2.39. The van der Waals surface area contributed by atoms with Crippen LogP contribution in [0.3, 0.4) is 0 Å². The number of methoxy groups -OCH3 is 1. The number of hydrogen-bond donors (Lipinski definition) is 1. The van der Waals surface area contributed by atoms with E-state index in [1.165, 1.54) is 0 Å². The van der Waals surface area contributed by atoms with Crippen molar-refractivity contribution in [3.8, 4) is 17.6 Å². The number of rotatable bonds is 8. The fraction of sp³-hybridized carbons (Fsp3) is 0.333. The van der Waals surface area contributed by atoms with Crippen LogP contribution in [-0.4, -0.2) is 37.6 Å². The van der Waals surface area contributed by atoms with E-state index >= 15 is 0 Å². The molecule has 0 aliphatic rings. The number of carbonyl (C=O) groups is 1. The third-order valence-corrected chi connectivity index (χ3v) is 4.31. The van der Waals surface area contributed by atoms with Gasteiger partial charge in [0.2, 0.25) is 5.91 Å². The van der Waals surface area contributed by atoms with Crippen molar-refractivity contribution in [1.82, 2.24) is 4.90 Å². The molecule has 1 amide bonds. The lowest BCUT2D eigenvalue weighted by atomic mass is 10.1. The van der Waals surface area contributed by atoms with Gasteiger partial charge in [-0.3, -0.25) is 9.69 Å². The Bertz CT molecular complexity index is 830. The smallest absolute Gasteiger partial charge is 0.241 e. The van der Waals surface area contributed by atoms with Crippen LogP contribution in [0.5, 0.6) is 11.5 Å². The van der Waals surface area contributed by atoms with Gasteiger partial charge in [0, 0.05) is 6.54 Å². The van der Waals surface area contributed by atoms with Gasteiger partial charge in [-0.1, -0.05) is 18.2 Å². The number of benzene rings is 2. The summed E-state index contributed by atoms with van der Waals surface area (Å²) in [6, 6.07) is 14.4. The molecule has 0 spiro atoms. The van der Waals surface area contributed by atoms with E-state index in [0.717, 1.165) is 5.56 Å². The fourth-order valence-electron chi connectivity index (χ4n) is 2.64. The molecule has 0 fully saturated rings. The topological polar surface area (TPSA) is 74.6 Å². The quantitative estimate of drug-likeness (QED) is 0.774. The van der Waals surface area contributed by atoms with Gasteiger partial charge >= 0.3 is 0 Å². The Morgan fingerprint density at radius 3 is 2.67 bits per heavy atom. The average Bonchev–Trinajstić information content (AvgIpc) is 2.68. The Hall–Kier alpha value is -3.04. The third kappa shape index (κ3) is 5.22. The number of nitrogens with one attached hydrogen (secondary N) is 1. The SMILES string of the molecule is CCOc1ccc(CN(C)[C@H](C)C(=O)Nc2ccccc2C#N)cc1OC. The van der Waals surface area contributed by atoms with Crippen molar-refractivity contribution in [3.05, 3.63) is 53.6 Å². The fourth-order valence-corrected chi connectivity index (χ4v) is 2.64. The van der Waals surface area contributed by atoms with Crippen LogP contribution < -0.4 is 14.8 Å². The minimum atomic E-state index is -0.380. The van der Waals surface area contributed by atoms with Gasteiger partial charge in [0.1, 0.15) is 6.07 Å². The van der Waals surface area contributed by atoms with Gasteiger partial charge in [-0.15, -0.1) is 0 Å². The molecule has 1 N–H and O–H groups in total. The highest BCUT2D eigenvalue weighted by molar-refractivity contribution is 5.95. The first-order valence-corrected chi connectivity index (χ1v) is 8.80. The van der Waals surface area contributed by atoms with Crippen molar-refractivity contribution in [1.29, 1.82) is 5.26 Å². The molecule has 6 heteroatoms. The van der Waals surface area contributed by atoms with Crippen LogP contribution in [-0.2, 0) is 11.3 Å². The van der Waals surface area contributed by atoms with E-state index in [-0.39, 0.29) is 11.9 Å². The second kappa shape index (κ2) is 9.60. The highest BCUT2D eigenvalue weighted by atomic mass is 16.5. The summed E-state index contributed by atoms with van der Waals surface area (Å²) < 4.78 is 10.9. The summed E-state index contributed by atoms with van der Waals surface area (Å²) in [7, 11) is 3.48. The molecule has 2 rings (SSSR count). The van der Waals surface area contributed by atoms with E-state index in [1.54, 1.807) is 31.4 Å². The molecule has 2 aromatic rings. The standard InChI is InChI=1S/C21H25N3O3/c1-5-27-19-11-10-16(12-20(19)26-4)14-24(3)15(2)21(25)23-18-9-7-6-8-17(18)13-22/h6-12,15H,5,14H2,1-4H3,(H,23,25)/t15-/m1/s1. The minimum Gasteiger partial charge on any atom is -0.493 e. The Kier molecular flexibility index (Phi) is 7.21. The van der Waals surface area contributed by atoms with Crippen LogP contribution in [0.1, 0.15) is 25.0 Å². The lowest BCUT2D eigenvalue weighted by Gasteiger charge is -2.24. The molecule has 0 aliphatic heterocycles. The van der Waals surface area contributed by atoms with Gasteiger partial charge in [-0.05, 0) is 50.7 Å². The molecule has 2 aromatic carbocycles. The summed E-state index contributed by atoms with van der Waals surface area (Å²) in [6.07, 6.45) is 0. The Morgan fingerprint density at radius 1 is 1.26 bits per heavy atom. The molecule has 0 saturated carbocycles. The van der Waals surface area contributed by atoms with Crippen LogP contribution in [0.2, 0.25) is 0 Å². The second-order valence-corrected chi connectivity index (χ2v) is 6.16. The van der Waals surface area contributed by atoms with Crippen LogP contribution in [0.4, 0.5) is 5.69 Å². The number of carbonyl (C=O) groups excluding carboxylic acids is 1. The Morgan fingerprint density at radius 2 is 2.00 bits per heavy atom. The van der Waals surface area contributed by atoms with E-state index in [4.69, 9.17) is 14.7 Å². The van der Waals surface area contributed by atoms with E-state index in [9.17, 15) is 4.79 Å². The molecule has 27 heavy (non-hydrogen) atoms. The highest BCUT2D eigenvalue weighted by Crippen LogP contribution is 2.28. The van der Waals surface area contributed by atoms with E-state index < -0.39 is 0 Å². The molecule has 0 aliphatic carbocycles. The predicted octanol–water partition coefficient (Wildman–Crippen LogP) is 3.42. The first kappa shape index (κ1) is 20.3. The summed E-state index contributed by atoms with van der Waals surface area (Å²) in [5, 5.41) is 12.0. The Labute approximate surface area is 160 Å². The molecule has 0 heterocycles. The maximum absolute atomic E-state index is 12.6. The van der Waals surface area contributed by atoms with Crippen molar-refractivity contribution in [2.75, 3.05) is 26.1 Å². The predicted molar refractivity (Wildman–Crippen MR) is 105 cm³/mol. The number of nitrogens with zero attached hydrogens (tertiary/aromatic N) is 2. The maximum Gasteiger partial charge on any atom is 0.241 e. The summed E-state index contributed by atoms with van der Waals surface area (Å²) in [5.74, 6) is 1.20. The number of anilines is 1. The molecule has 0 saturated heterocycles. The number of para-hydroxylation sites is 1. The van der Waals surface area contributed by atoms with E-state index in [2.05, 4.69) is 11.4 Å². The van der Waals surface area contributed by atoms with Crippen LogP contribution >= 0.6 is 0 Å². The summed E-state index contributed by atoms with van der Waals surface area (Å²) in [4.78, 5) is 14.5. The maximum atomic E-state index is 12.6. The first-order chi connectivity index (χ1) is 13.0. The monoisotopic (exact) mass is 367 g/mol. The molecular formula is C21H25N3O3. The van der Waals surface area contributed by atoms with Crippen LogP contribution in [0.15, 0.2) is 42.5 Å². The normalized spacial score (nSPS) is 11.6. The number of hydrogen-bond acceptors (Lipinski definition) is 5. The average molecular weight is 367 g/mol. The second-order valence-electron chi connectivity index (χ2n) is 6.16. The van der Waals surface area contributed by atoms with Crippen molar-refractivity contribution in [3.63, 3.8) is 0 Å². The zero-order chi connectivity index (χ0) is 19.8. The number of nitriles is 1. The van der Waals surface area contributed by atoms with Crippen molar-refractivity contribution in [2.45, 2.75) is 26.4 Å². The van der Waals surface area contributed by atoms with Gasteiger partial charge < -0.3 is 14.8 Å². The number of ether oxygens (including phenoxy) is 2. The van der Waals surface area contributed by atoms with Gasteiger partial charge in [-0.25, -0.2) is 0 Å². The Balaban J connectivity index is 2.05. The summed E-state index contributed by atoms with van der Waals surface area (Å²) in [6.45, 7) is 4.89. The summed E-state index contributed by atoms with van der Waals surface area (Å²) in [5.41, 5.74) is 1.97. The van der Waals surface area contributed by atoms with Crippen molar-refractivity contribution in [2.24, 2.45) is 0 Å². The number of amides is 1. The molecule has 0 unspecified atom stereocenters. The van der Waals surface area contributed by atoms with Gasteiger partial charge in [0.25, 0.3) is 0 Å². The van der Waals surface area contributed by atoms with Gasteiger partial charge in [0.15, 0.2) is 11.5 Å². The third-order valence-electron chi connectivity index (χ3n) is 4.31. The molecule has 6 nitrogen and oxygen atoms in total. The molecule has 142 valence electrons. The van der Waals surface area contributed by atoms with Crippen LogP contribution in [0, 0.1) is 11.3 Å². The van der Waals surface area contributed by atoms with Crippen molar-refractivity contribution >= 4 is 11.6 Å². The highest BCUT2D eigenvalue weighted by Gasteiger charge is 2.19.